The molecule has 0 unspecified atom stereocenters. The Hall–Kier alpha value is -2.66. The highest BCUT2D eigenvalue weighted by molar-refractivity contribution is 7.80. The first-order valence-corrected chi connectivity index (χ1v) is 7.11. The number of nitrogens with one attached hydrogen (secondary N) is 1. The molecule has 3 aromatic carbocycles. The number of hydrogen-bond donors (Lipinski definition) is 4. The van der Waals surface area contributed by atoms with E-state index in [2.05, 4.69) is 17.9 Å². The van der Waals surface area contributed by atoms with Gasteiger partial charge in [0.25, 0.3) is 5.91 Å². The lowest BCUT2D eigenvalue weighted by molar-refractivity contribution is 0.102. The van der Waals surface area contributed by atoms with E-state index >= 15 is 0 Å². The number of nitrogen functional groups attached to an aromatic ring is 1. The number of phenols is 1. The number of phenolic OH excluding ortho intramolecular Hbond substituents is 1. The number of rotatable bonds is 2. The first-order chi connectivity index (χ1) is 10.6. The van der Waals surface area contributed by atoms with Crippen LogP contribution in [0.15, 0.2) is 59.5 Å². The Morgan fingerprint density at radius 2 is 1.86 bits per heavy atom. The summed E-state index contributed by atoms with van der Waals surface area (Å²) < 4.78 is 0. The molecule has 0 saturated carbocycles. The van der Waals surface area contributed by atoms with Gasteiger partial charge in [-0.2, -0.15) is 0 Å². The number of amides is 1. The molecule has 0 aliphatic rings. The van der Waals surface area contributed by atoms with E-state index in [0.29, 0.717) is 21.7 Å². The molecule has 4 N–H and O–H groups in total. The van der Waals surface area contributed by atoms with Crippen LogP contribution in [-0.2, 0) is 0 Å². The summed E-state index contributed by atoms with van der Waals surface area (Å²) in [5.74, 6) is -0.457. The zero-order chi connectivity index (χ0) is 15.7. The van der Waals surface area contributed by atoms with Gasteiger partial charge in [-0.3, -0.25) is 4.79 Å². The van der Waals surface area contributed by atoms with Gasteiger partial charge in [-0.1, -0.05) is 30.3 Å². The van der Waals surface area contributed by atoms with E-state index in [1.54, 1.807) is 36.4 Å². The van der Waals surface area contributed by atoms with Crippen molar-refractivity contribution in [3.05, 3.63) is 60.2 Å². The number of nitrogens with two attached hydrogens (primary N) is 1. The molecule has 0 fully saturated rings. The predicted octanol–water partition coefficient (Wildman–Crippen LogP) is 3.67. The van der Waals surface area contributed by atoms with Crippen molar-refractivity contribution in [2.24, 2.45) is 0 Å². The molecule has 3 rings (SSSR count). The second-order valence-electron chi connectivity index (χ2n) is 4.91. The van der Waals surface area contributed by atoms with Crippen LogP contribution < -0.4 is 11.1 Å². The third-order valence-electron chi connectivity index (χ3n) is 3.43. The van der Waals surface area contributed by atoms with E-state index in [9.17, 15) is 9.90 Å². The zero-order valence-corrected chi connectivity index (χ0v) is 12.5. The molecule has 0 heterocycles. The quantitative estimate of drug-likeness (QED) is 0.431. The molecule has 3 aromatic rings. The van der Waals surface area contributed by atoms with Crippen LogP contribution in [0.3, 0.4) is 0 Å². The molecular formula is C17H14N2O2S. The number of hydrogen-bond acceptors (Lipinski definition) is 4. The monoisotopic (exact) mass is 310 g/mol. The molecule has 4 nitrogen and oxygen atoms in total. The number of fused-ring (bicyclic) bond motifs is 1. The predicted molar refractivity (Wildman–Crippen MR) is 91.7 cm³/mol. The number of aromatic hydroxyl groups is 1. The first-order valence-electron chi connectivity index (χ1n) is 6.67. The molecular weight excluding hydrogens is 296 g/mol. The second-order valence-corrected chi connectivity index (χ2v) is 5.42. The molecule has 0 aliphatic carbocycles. The van der Waals surface area contributed by atoms with Crippen LogP contribution in [-0.4, -0.2) is 11.0 Å². The van der Waals surface area contributed by atoms with Gasteiger partial charge < -0.3 is 16.2 Å². The summed E-state index contributed by atoms with van der Waals surface area (Å²) in [5.41, 5.74) is 6.95. The molecule has 1 amide bonds. The van der Waals surface area contributed by atoms with Crippen molar-refractivity contribution in [1.82, 2.24) is 0 Å². The van der Waals surface area contributed by atoms with E-state index in [0.717, 1.165) is 5.39 Å². The molecule has 0 atom stereocenters. The van der Waals surface area contributed by atoms with E-state index in [-0.39, 0.29) is 11.3 Å². The van der Waals surface area contributed by atoms with E-state index in [1.807, 2.05) is 18.2 Å². The molecule has 0 saturated heterocycles. The summed E-state index contributed by atoms with van der Waals surface area (Å²) in [5, 5.41) is 14.5. The Labute approximate surface area is 133 Å². The van der Waals surface area contributed by atoms with Gasteiger partial charge >= 0.3 is 0 Å². The van der Waals surface area contributed by atoms with Crippen molar-refractivity contribution in [2.45, 2.75) is 4.90 Å². The average Bonchev–Trinajstić information content (AvgIpc) is 2.50. The summed E-state index contributed by atoms with van der Waals surface area (Å²) in [7, 11) is 0. The number of benzene rings is 3. The third-order valence-corrected chi connectivity index (χ3v) is 3.71. The summed E-state index contributed by atoms with van der Waals surface area (Å²) in [6, 6.07) is 15.8. The largest absolute Gasteiger partial charge is 0.506 e. The molecule has 110 valence electrons. The number of anilines is 2. The van der Waals surface area contributed by atoms with Gasteiger partial charge in [0.15, 0.2) is 0 Å². The van der Waals surface area contributed by atoms with Crippen LogP contribution in [0, 0.1) is 0 Å². The van der Waals surface area contributed by atoms with Gasteiger partial charge in [0.1, 0.15) is 5.75 Å². The number of thiol groups is 1. The summed E-state index contributed by atoms with van der Waals surface area (Å²) in [6.45, 7) is 0. The summed E-state index contributed by atoms with van der Waals surface area (Å²) in [4.78, 5) is 13.1. The maximum absolute atomic E-state index is 12.4. The Morgan fingerprint density at radius 3 is 2.64 bits per heavy atom. The SMILES string of the molecule is Nc1cc(S)ccc1NC(=O)c1ccc2ccccc2c1O. The Bertz CT molecular complexity index is 878. The summed E-state index contributed by atoms with van der Waals surface area (Å²) >= 11 is 4.19. The van der Waals surface area contributed by atoms with Crippen molar-refractivity contribution < 1.29 is 9.90 Å². The van der Waals surface area contributed by atoms with Crippen LogP contribution in [0.5, 0.6) is 5.75 Å². The van der Waals surface area contributed by atoms with Crippen molar-refractivity contribution >= 4 is 40.7 Å². The van der Waals surface area contributed by atoms with Crippen molar-refractivity contribution in [2.75, 3.05) is 11.1 Å². The Kier molecular flexibility index (Phi) is 3.65. The van der Waals surface area contributed by atoms with Gasteiger partial charge in [-0.15, -0.1) is 12.6 Å². The Balaban J connectivity index is 1.97. The molecule has 0 aliphatic heterocycles. The highest BCUT2D eigenvalue weighted by Crippen LogP contribution is 2.30. The van der Waals surface area contributed by atoms with Crippen LogP contribution >= 0.6 is 12.6 Å². The minimum atomic E-state index is -0.415. The van der Waals surface area contributed by atoms with E-state index in [4.69, 9.17) is 5.73 Å². The fourth-order valence-corrected chi connectivity index (χ4v) is 2.51. The maximum atomic E-state index is 12.4. The van der Waals surface area contributed by atoms with Gasteiger partial charge in [0, 0.05) is 10.3 Å². The highest BCUT2D eigenvalue weighted by Gasteiger charge is 2.14. The first kappa shape index (κ1) is 14.3. The maximum Gasteiger partial charge on any atom is 0.259 e. The zero-order valence-electron chi connectivity index (χ0n) is 11.6. The fourth-order valence-electron chi connectivity index (χ4n) is 2.29. The molecule has 5 heteroatoms. The van der Waals surface area contributed by atoms with Gasteiger partial charge in [0.05, 0.1) is 16.9 Å². The lowest BCUT2D eigenvalue weighted by atomic mass is 10.0. The third kappa shape index (κ3) is 2.58. The number of carbonyl (C=O) groups is 1. The van der Waals surface area contributed by atoms with Crippen LogP contribution in [0.4, 0.5) is 11.4 Å². The molecule has 0 spiro atoms. The van der Waals surface area contributed by atoms with Crippen LogP contribution in [0.25, 0.3) is 10.8 Å². The number of carbonyl (C=O) groups excluding carboxylic acids is 1. The summed E-state index contributed by atoms with van der Waals surface area (Å²) in [6.07, 6.45) is 0. The van der Waals surface area contributed by atoms with Crippen molar-refractivity contribution in [1.29, 1.82) is 0 Å². The topological polar surface area (TPSA) is 75.3 Å². The molecule has 0 aromatic heterocycles. The smallest absolute Gasteiger partial charge is 0.259 e. The van der Waals surface area contributed by atoms with Crippen molar-refractivity contribution in [3.63, 3.8) is 0 Å². The van der Waals surface area contributed by atoms with Crippen LogP contribution in [0.2, 0.25) is 0 Å². The van der Waals surface area contributed by atoms with Gasteiger partial charge in [-0.05, 0) is 29.7 Å². The highest BCUT2D eigenvalue weighted by atomic mass is 32.1. The minimum absolute atomic E-state index is 0.0417. The average molecular weight is 310 g/mol. The lowest BCUT2D eigenvalue weighted by Gasteiger charge is -2.11. The van der Waals surface area contributed by atoms with Gasteiger partial charge in [-0.25, -0.2) is 0 Å². The second kappa shape index (κ2) is 5.61. The van der Waals surface area contributed by atoms with E-state index < -0.39 is 5.91 Å². The lowest BCUT2D eigenvalue weighted by Crippen LogP contribution is -2.13. The van der Waals surface area contributed by atoms with Gasteiger partial charge in [0.2, 0.25) is 0 Å². The molecule has 22 heavy (non-hydrogen) atoms. The Morgan fingerprint density at radius 1 is 1.09 bits per heavy atom. The van der Waals surface area contributed by atoms with E-state index in [1.165, 1.54) is 0 Å². The fraction of sp³-hybridized carbons (Fsp3) is 0. The molecule has 0 radical (unpaired) electrons. The van der Waals surface area contributed by atoms with Crippen molar-refractivity contribution in [3.8, 4) is 5.75 Å². The minimum Gasteiger partial charge on any atom is -0.506 e. The standard InChI is InChI=1S/C17H14N2O2S/c18-14-9-11(22)6-8-15(14)19-17(21)13-7-5-10-3-1-2-4-12(10)16(13)20/h1-9,20,22H,18H2,(H,19,21). The normalized spacial score (nSPS) is 10.6. The van der Waals surface area contributed by atoms with Crippen LogP contribution in [0.1, 0.15) is 10.4 Å². The molecule has 0 bridgehead atoms.